The molecule has 0 radical (unpaired) electrons. The molecule has 0 heterocycles. The molecule has 2 rings (SSSR count). The highest BCUT2D eigenvalue weighted by molar-refractivity contribution is 6.09. The van der Waals surface area contributed by atoms with E-state index < -0.39 is 10.8 Å². The molecule has 2 aromatic carbocycles. The van der Waals surface area contributed by atoms with Crippen molar-refractivity contribution < 1.29 is 14.5 Å². The Bertz CT molecular complexity index is 896. The average Bonchev–Trinajstić information content (AvgIpc) is 2.62. The van der Waals surface area contributed by atoms with Gasteiger partial charge in [-0.1, -0.05) is 12.1 Å². The van der Waals surface area contributed by atoms with E-state index >= 15 is 0 Å². The molecular weight excluding hydrogens is 334 g/mol. The topological polar surface area (TPSA) is 105 Å². The number of carbonyl (C=O) groups is 1. The first-order chi connectivity index (χ1) is 12.4. The highest BCUT2D eigenvalue weighted by Crippen LogP contribution is 2.21. The van der Waals surface area contributed by atoms with Crippen LogP contribution in [0.4, 0.5) is 11.4 Å². The number of rotatable bonds is 6. The van der Waals surface area contributed by atoms with Gasteiger partial charge in [0, 0.05) is 17.3 Å². The van der Waals surface area contributed by atoms with Gasteiger partial charge in [-0.25, -0.2) is 0 Å². The van der Waals surface area contributed by atoms with Gasteiger partial charge in [0.15, 0.2) is 0 Å². The van der Waals surface area contributed by atoms with Crippen LogP contribution in [-0.4, -0.2) is 17.4 Å². The molecule has 0 bridgehead atoms. The van der Waals surface area contributed by atoms with Crippen LogP contribution in [0.1, 0.15) is 18.1 Å². The molecule has 0 aliphatic heterocycles. The zero-order valence-electron chi connectivity index (χ0n) is 14.4. The first-order valence-corrected chi connectivity index (χ1v) is 7.85. The van der Waals surface area contributed by atoms with Gasteiger partial charge in [-0.3, -0.25) is 14.9 Å². The molecule has 0 saturated heterocycles. The zero-order chi connectivity index (χ0) is 19.1. The molecule has 2 aromatic rings. The Morgan fingerprint density at radius 1 is 1.31 bits per heavy atom. The Morgan fingerprint density at radius 2 is 2.00 bits per heavy atom. The van der Waals surface area contributed by atoms with E-state index in [1.165, 1.54) is 12.1 Å². The number of benzene rings is 2. The van der Waals surface area contributed by atoms with Crippen molar-refractivity contribution in [3.63, 3.8) is 0 Å². The van der Waals surface area contributed by atoms with Crippen LogP contribution in [0.25, 0.3) is 6.08 Å². The lowest BCUT2D eigenvalue weighted by atomic mass is 10.1. The molecule has 0 saturated carbocycles. The molecular formula is C19H17N3O4. The van der Waals surface area contributed by atoms with Crippen LogP contribution < -0.4 is 10.1 Å². The monoisotopic (exact) mass is 351 g/mol. The molecule has 0 fully saturated rings. The molecule has 0 aliphatic carbocycles. The lowest BCUT2D eigenvalue weighted by Crippen LogP contribution is -2.13. The largest absolute Gasteiger partial charge is 0.494 e. The quantitative estimate of drug-likeness (QED) is 0.368. The SMILES string of the molecule is CCOc1ccc(NC(=O)/C(C#N)=C\c2ccc(C)c([N+](=O)[O-])c2)cc1. The minimum atomic E-state index is -0.597. The fourth-order valence-corrected chi connectivity index (χ4v) is 2.23. The fraction of sp³-hybridized carbons (Fsp3) is 0.158. The van der Waals surface area contributed by atoms with E-state index in [1.54, 1.807) is 43.3 Å². The Hall–Kier alpha value is -3.66. The highest BCUT2D eigenvalue weighted by Gasteiger charge is 2.13. The minimum Gasteiger partial charge on any atom is -0.494 e. The molecule has 0 unspecified atom stereocenters. The van der Waals surface area contributed by atoms with Crippen molar-refractivity contribution in [1.29, 1.82) is 5.26 Å². The first-order valence-electron chi connectivity index (χ1n) is 7.85. The van der Waals surface area contributed by atoms with Crippen molar-refractivity contribution in [3.8, 4) is 11.8 Å². The van der Waals surface area contributed by atoms with Gasteiger partial charge in [0.25, 0.3) is 11.6 Å². The number of anilines is 1. The van der Waals surface area contributed by atoms with E-state index in [2.05, 4.69) is 5.32 Å². The standard InChI is InChI=1S/C19H17N3O4/c1-3-26-17-8-6-16(7-9-17)21-19(23)15(12-20)10-14-5-4-13(2)18(11-14)22(24)25/h4-11H,3H2,1-2H3,(H,21,23)/b15-10-. The third-order valence-corrected chi connectivity index (χ3v) is 3.53. The van der Waals surface area contributed by atoms with E-state index in [-0.39, 0.29) is 11.3 Å². The van der Waals surface area contributed by atoms with Crippen molar-refractivity contribution in [2.45, 2.75) is 13.8 Å². The number of nitrogens with zero attached hydrogens (tertiary/aromatic N) is 2. The van der Waals surface area contributed by atoms with Crippen LogP contribution >= 0.6 is 0 Å². The van der Waals surface area contributed by atoms with Crippen molar-refractivity contribution in [3.05, 3.63) is 69.3 Å². The maximum atomic E-state index is 12.3. The van der Waals surface area contributed by atoms with Crippen LogP contribution in [0.2, 0.25) is 0 Å². The van der Waals surface area contributed by atoms with Gasteiger partial charge in [-0.2, -0.15) is 5.26 Å². The zero-order valence-corrected chi connectivity index (χ0v) is 14.4. The molecule has 7 heteroatoms. The Morgan fingerprint density at radius 3 is 2.58 bits per heavy atom. The van der Waals surface area contributed by atoms with Crippen LogP contribution in [0, 0.1) is 28.4 Å². The first kappa shape index (κ1) is 18.7. The molecule has 0 spiro atoms. The van der Waals surface area contributed by atoms with Crippen molar-refractivity contribution >= 4 is 23.4 Å². The van der Waals surface area contributed by atoms with Gasteiger partial charge in [0.2, 0.25) is 0 Å². The van der Waals surface area contributed by atoms with E-state index in [0.717, 1.165) is 0 Å². The summed E-state index contributed by atoms with van der Waals surface area (Å²) in [4.78, 5) is 22.8. The summed E-state index contributed by atoms with van der Waals surface area (Å²) >= 11 is 0. The van der Waals surface area contributed by atoms with E-state index in [1.807, 2.05) is 13.0 Å². The number of nitro groups is 1. The molecule has 0 aromatic heterocycles. The van der Waals surface area contributed by atoms with Crippen LogP contribution in [-0.2, 0) is 4.79 Å². The number of nitrogens with one attached hydrogen (secondary N) is 1. The second kappa shape index (κ2) is 8.44. The smallest absolute Gasteiger partial charge is 0.272 e. The highest BCUT2D eigenvalue weighted by atomic mass is 16.6. The number of ether oxygens (including phenoxy) is 1. The summed E-state index contributed by atoms with van der Waals surface area (Å²) in [6, 6.07) is 13.1. The normalized spacial score (nSPS) is 10.7. The fourth-order valence-electron chi connectivity index (χ4n) is 2.23. The minimum absolute atomic E-state index is 0.0667. The molecule has 26 heavy (non-hydrogen) atoms. The van der Waals surface area contributed by atoms with E-state index in [9.17, 15) is 20.2 Å². The second-order valence-corrected chi connectivity index (χ2v) is 5.38. The third-order valence-electron chi connectivity index (χ3n) is 3.53. The maximum Gasteiger partial charge on any atom is 0.272 e. The molecule has 7 nitrogen and oxygen atoms in total. The summed E-state index contributed by atoms with van der Waals surface area (Å²) in [6.07, 6.45) is 1.32. The van der Waals surface area contributed by atoms with Crippen LogP contribution in [0.3, 0.4) is 0 Å². The van der Waals surface area contributed by atoms with Crippen molar-refractivity contribution in [2.75, 3.05) is 11.9 Å². The van der Waals surface area contributed by atoms with Gasteiger partial charge in [-0.05, 0) is 49.8 Å². The van der Waals surface area contributed by atoms with Gasteiger partial charge < -0.3 is 10.1 Å². The second-order valence-electron chi connectivity index (χ2n) is 5.38. The van der Waals surface area contributed by atoms with Gasteiger partial charge in [0.05, 0.1) is 11.5 Å². The van der Waals surface area contributed by atoms with Crippen LogP contribution in [0.15, 0.2) is 48.0 Å². The number of hydrogen-bond acceptors (Lipinski definition) is 5. The molecule has 1 N–H and O–H groups in total. The van der Waals surface area contributed by atoms with Gasteiger partial charge in [-0.15, -0.1) is 0 Å². The number of amides is 1. The van der Waals surface area contributed by atoms with Gasteiger partial charge in [0.1, 0.15) is 17.4 Å². The Balaban J connectivity index is 2.20. The predicted octanol–water partition coefficient (Wildman–Crippen LogP) is 3.85. The average molecular weight is 351 g/mol. The van der Waals surface area contributed by atoms with E-state index in [0.29, 0.717) is 29.2 Å². The number of aryl methyl sites for hydroxylation is 1. The van der Waals surface area contributed by atoms with Crippen molar-refractivity contribution in [2.24, 2.45) is 0 Å². The summed E-state index contributed by atoms with van der Waals surface area (Å²) < 4.78 is 5.32. The Kier molecular flexibility index (Phi) is 6.06. The molecule has 132 valence electrons. The Labute approximate surface area is 150 Å². The summed E-state index contributed by atoms with van der Waals surface area (Å²) in [5.41, 5.74) is 1.19. The summed E-state index contributed by atoms with van der Waals surface area (Å²) in [6.45, 7) is 4.03. The number of carbonyl (C=O) groups excluding carboxylic acids is 1. The number of nitro benzene ring substituents is 1. The predicted molar refractivity (Wildman–Crippen MR) is 97.7 cm³/mol. The number of nitriles is 1. The van der Waals surface area contributed by atoms with E-state index in [4.69, 9.17) is 4.74 Å². The maximum absolute atomic E-state index is 12.3. The van der Waals surface area contributed by atoms with Gasteiger partial charge >= 0.3 is 0 Å². The molecule has 0 atom stereocenters. The number of hydrogen-bond donors (Lipinski definition) is 1. The third kappa shape index (κ3) is 4.68. The summed E-state index contributed by atoms with van der Waals surface area (Å²) in [5.74, 6) is 0.0772. The lowest BCUT2D eigenvalue weighted by molar-refractivity contribution is -0.385. The summed E-state index contributed by atoms with van der Waals surface area (Å²) in [5, 5.41) is 22.9. The molecule has 1 amide bonds. The molecule has 0 aliphatic rings. The van der Waals surface area contributed by atoms with Crippen LogP contribution in [0.5, 0.6) is 5.75 Å². The van der Waals surface area contributed by atoms with Crippen molar-refractivity contribution in [1.82, 2.24) is 0 Å². The lowest BCUT2D eigenvalue weighted by Gasteiger charge is -2.06. The summed E-state index contributed by atoms with van der Waals surface area (Å²) in [7, 11) is 0.